The number of halogens is 1. The summed E-state index contributed by atoms with van der Waals surface area (Å²) in [5.74, 6) is 1.23. The molecule has 192 valence electrons. The first-order chi connectivity index (χ1) is 17.3. The minimum atomic E-state index is -0.0573. The van der Waals surface area contributed by atoms with Crippen LogP contribution < -0.4 is 9.64 Å². The van der Waals surface area contributed by atoms with Gasteiger partial charge in [0.15, 0.2) is 11.5 Å². The topological polar surface area (TPSA) is 65.9 Å². The van der Waals surface area contributed by atoms with Crippen LogP contribution in [0.4, 0.5) is 5.69 Å². The van der Waals surface area contributed by atoms with Gasteiger partial charge in [-0.1, -0.05) is 24.6 Å². The second-order valence-corrected chi connectivity index (χ2v) is 10.7. The first-order valence-electron chi connectivity index (χ1n) is 12.6. The molecule has 0 aliphatic carbocycles. The maximum absolute atomic E-state index is 11.2. The average Bonchev–Trinajstić information content (AvgIpc) is 2.85. The number of hydrogen-bond donors (Lipinski definition) is 1. The summed E-state index contributed by atoms with van der Waals surface area (Å²) in [6, 6.07) is 9.80. The Bertz CT molecular complexity index is 1220. The highest BCUT2D eigenvalue weighted by molar-refractivity contribution is 6.32. The van der Waals surface area contributed by atoms with Gasteiger partial charge in [-0.15, -0.1) is 0 Å². The molecule has 0 spiro atoms. The number of ether oxygens (including phenoxy) is 1. The maximum atomic E-state index is 11.2. The van der Waals surface area contributed by atoms with E-state index in [4.69, 9.17) is 21.3 Å². The number of aromatic hydroxyl groups is 1. The smallest absolute Gasteiger partial charge is 0.176 e. The Morgan fingerprint density at radius 2 is 1.97 bits per heavy atom. The number of pyridine rings is 1. The predicted molar refractivity (Wildman–Crippen MR) is 147 cm³/mol. The number of methoxy groups -OCH3 is 1. The number of rotatable bonds is 9. The highest BCUT2D eigenvalue weighted by Crippen LogP contribution is 2.41. The molecule has 1 aliphatic rings. The molecule has 7 heteroatoms. The largest absolute Gasteiger partial charge is 0.503 e. The molecule has 1 unspecified atom stereocenters. The summed E-state index contributed by atoms with van der Waals surface area (Å²) in [6.07, 6.45) is 6.63. The van der Waals surface area contributed by atoms with E-state index in [9.17, 15) is 9.90 Å². The van der Waals surface area contributed by atoms with E-state index in [-0.39, 0.29) is 16.7 Å². The minimum absolute atomic E-state index is 0.0573. The van der Waals surface area contributed by atoms with Crippen molar-refractivity contribution < 1.29 is 14.6 Å². The molecule has 1 saturated heterocycles. The zero-order chi connectivity index (χ0) is 25.8. The summed E-state index contributed by atoms with van der Waals surface area (Å²) in [4.78, 5) is 20.7. The zero-order valence-electron chi connectivity index (χ0n) is 21.6. The Balaban J connectivity index is 1.79. The van der Waals surface area contributed by atoms with Gasteiger partial charge in [-0.2, -0.15) is 0 Å². The average molecular weight is 510 g/mol. The number of piperidine rings is 1. The summed E-state index contributed by atoms with van der Waals surface area (Å²) in [5, 5.41) is 11.5. The SMILES string of the molecule is COc1cc(-c2ccc3ncc(CC(C)CC=O)c(N4CCC(CN(C)C)CC4)c3c2)cc(Cl)c1O. The van der Waals surface area contributed by atoms with Crippen LogP contribution in [0.3, 0.4) is 0 Å². The third-order valence-corrected chi connectivity index (χ3v) is 7.41. The van der Waals surface area contributed by atoms with Gasteiger partial charge in [0.1, 0.15) is 6.29 Å². The second-order valence-electron chi connectivity index (χ2n) is 10.3. The molecule has 2 heterocycles. The van der Waals surface area contributed by atoms with Crippen LogP contribution in [0.5, 0.6) is 11.5 Å². The highest BCUT2D eigenvalue weighted by Gasteiger charge is 2.24. The molecule has 6 nitrogen and oxygen atoms in total. The van der Waals surface area contributed by atoms with E-state index in [1.54, 1.807) is 12.1 Å². The molecule has 0 amide bonds. The molecular weight excluding hydrogens is 474 g/mol. The Morgan fingerprint density at radius 1 is 1.22 bits per heavy atom. The van der Waals surface area contributed by atoms with Gasteiger partial charge >= 0.3 is 0 Å². The van der Waals surface area contributed by atoms with Crippen molar-refractivity contribution in [2.45, 2.75) is 32.6 Å². The highest BCUT2D eigenvalue weighted by atomic mass is 35.5. The molecule has 4 rings (SSSR count). The fourth-order valence-corrected chi connectivity index (χ4v) is 5.51. The molecule has 1 aliphatic heterocycles. The summed E-state index contributed by atoms with van der Waals surface area (Å²) < 4.78 is 5.33. The van der Waals surface area contributed by atoms with E-state index >= 15 is 0 Å². The van der Waals surface area contributed by atoms with Crippen LogP contribution in [0.1, 0.15) is 31.7 Å². The van der Waals surface area contributed by atoms with Crippen LogP contribution in [0.25, 0.3) is 22.0 Å². The predicted octanol–water partition coefficient (Wildman–Crippen LogP) is 5.82. The molecule has 2 aromatic carbocycles. The molecule has 3 aromatic rings. The number of aldehydes is 1. The number of nitrogens with zero attached hydrogens (tertiary/aromatic N) is 3. The molecule has 0 saturated carbocycles. The van der Waals surface area contributed by atoms with Gasteiger partial charge in [0.25, 0.3) is 0 Å². The van der Waals surface area contributed by atoms with Crippen molar-refractivity contribution in [2.24, 2.45) is 11.8 Å². The third kappa shape index (κ3) is 5.76. The van der Waals surface area contributed by atoms with E-state index in [0.29, 0.717) is 18.1 Å². The summed E-state index contributed by atoms with van der Waals surface area (Å²) in [6.45, 7) is 5.22. The molecule has 1 aromatic heterocycles. The van der Waals surface area contributed by atoms with Gasteiger partial charge in [0.05, 0.1) is 23.3 Å². The lowest BCUT2D eigenvalue weighted by Crippen LogP contribution is -2.37. The Labute approximate surface area is 218 Å². The number of carbonyl (C=O) groups is 1. The number of phenolic OH excluding ortho intramolecular Hbond substituents is 1. The quantitative estimate of drug-likeness (QED) is 0.367. The molecule has 1 atom stereocenters. The normalized spacial score (nSPS) is 15.4. The summed E-state index contributed by atoms with van der Waals surface area (Å²) in [7, 11) is 5.80. The van der Waals surface area contributed by atoms with Crippen LogP contribution in [0.15, 0.2) is 36.5 Å². The van der Waals surface area contributed by atoms with Crippen molar-refractivity contribution >= 4 is 34.5 Å². The van der Waals surface area contributed by atoms with Crippen LogP contribution in [-0.4, -0.2) is 62.1 Å². The molecule has 36 heavy (non-hydrogen) atoms. The molecular formula is C29H36ClN3O3. The van der Waals surface area contributed by atoms with Crippen molar-refractivity contribution in [1.82, 2.24) is 9.88 Å². The first-order valence-corrected chi connectivity index (χ1v) is 13.0. The number of fused-ring (bicyclic) bond motifs is 1. The first kappa shape index (κ1) is 26.2. The van der Waals surface area contributed by atoms with Gasteiger partial charge < -0.3 is 24.4 Å². The number of anilines is 1. The lowest BCUT2D eigenvalue weighted by Gasteiger charge is -2.36. The van der Waals surface area contributed by atoms with E-state index in [1.165, 1.54) is 18.4 Å². The van der Waals surface area contributed by atoms with Crippen molar-refractivity contribution in [3.63, 3.8) is 0 Å². The number of phenols is 1. The third-order valence-electron chi connectivity index (χ3n) is 7.12. The molecule has 0 radical (unpaired) electrons. The van der Waals surface area contributed by atoms with Crippen LogP contribution >= 0.6 is 11.6 Å². The van der Waals surface area contributed by atoms with Crippen molar-refractivity contribution in [2.75, 3.05) is 45.7 Å². The monoisotopic (exact) mass is 509 g/mol. The Kier molecular flexibility index (Phi) is 8.37. The second kappa shape index (κ2) is 11.5. The van der Waals surface area contributed by atoms with Crippen LogP contribution in [0.2, 0.25) is 5.02 Å². The molecule has 1 N–H and O–H groups in total. The number of aromatic nitrogens is 1. The number of carbonyl (C=O) groups excluding carboxylic acids is 1. The zero-order valence-corrected chi connectivity index (χ0v) is 22.4. The Morgan fingerprint density at radius 3 is 2.64 bits per heavy atom. The standard InChI is InChI=1S/C29H36ClN3O3/c1-19(9-12-34)13-23-17-31-26-6-5-21(22-15-25(30)29(35)27(16-22)36-4)14-24(26)28(23)33-10-7-20(8-11-33)18-32(2)3/h5-6,12,14-17,19-20,35H,7-11,13,18H2,1-4H3. The van der Waals surface area contributed by atoms with E-state index < -0.39 is 0 Å². The molecule has 1 fully saturated rings. The summed E-state index contributed by atoms with van der Waals surface area (Å²) >= 11 is 6.30. The summed E-state index contributed by atoms with van der Waals surface area (Å²) in [5.41, 5.74) is 5.19. The van der Waals surface area contributed by atoms with Crippen LogP contribution in [0, 0.1) is 11.8 Å². The fourth-order valence-electron chi connectivity index (χ4n) is 5.30. The van der Waals surface area contributed by atoms with Crippen molar-refractivity contribution in [3.8, 4) is 22.6 Å². The van der Waals surface area contributed by atoms with Gasteiger partial charge in [-0.3, -0.25) is 4.98 Å². The lowest BCUT2D eigenvalue weighted by atomic mass is 9.92. The maximum Gasteiger partial charge on any atom is 0.176 e. The fraction of sp³-hybridized carbons (Fsp3) is 0.448. The van der Waals surface area contributed by atoms with Crippen molar-refractivity contribution in [1.29, 1.82) is 0 Å². The number of benzene rings is 2. The van der Waals surface area contributed by atoms with E-state index in [0.717, 1.165) is 67.2 Å². The van der Waals surface area contributed by atoms with Crippen molar-refractivity contribution in [3.05, 3.63) is 47.1 Å². The van der Waals surface area contributed by atoms with Gasteiger partial charge in [-0.25, -0.2) is 0 Å². The number of hydrogen-bond acceptors (Lipinski definition) is 6. The van der Waals surface area contributed by atoms with Gasteiger partial charge in [-0.05, 0) is 86.1 Å². The van der Waals surface area contributed by atoms with Crippen LogP contribution in [-0.2, 0) is 11.2 Å². The van der Waals surface area contributed by atoms with E-state index in [1.807, 2.05) is 18.3 Å². The van der Waals surface area contributed by atoms with E-state index in [2.05, 4.69) is 36.9 Å². The lowest BCUT2D eigenvalue weighted by molar-refractivity contribution is -0.108. The molecule has 0 bridgehead atoms. The minimum Gasteiger partial charge on any atom is -0.503 e. The Hall–Kier alpha value is -2.83. The van der Waals surface area contributed by atoms with Gasteiger partial charge in [0.2, 0.25) is 0 Å². The van der Waals surface area contributed by atoms with Gasteiger partial charge in [0, 0.05) is 37.6 Å².